The van der Waals surface area contributed by atoms with E-state index in [0.717, 1.165) is 148 Å². The van der Waals surface area contributed by atoms with Gasteiger partial charge in [-0.2, -0.15) is 0 Å². The van der Waals surface area contributed by atoms with Crippen LogP contribution in [0, 0.1) is 0 Å². The van der Waals surface area contributed by atoms with Crippen LogP contribution in [0.2, 0.25) is 0 Å². The molecule has 1 aliphatic rings. The van der Waals surface area contributed by atoms with Gasteiger partial charge in [-0.25, -0.2) is 9.97 Å². The van der Waals surface area contributed by atoms with E-state index >= 15 is 0 Å². The molecule has 0 atom stereocenters. The lowest BCUT2D eigenvalue weighted by Gasteiger charge is -2.29. The summed E-state index contributed by atoms with van der Waals surface area (Å²) >= 11 is 0. The van der Waals surface area contributed by atoms with Gasteiger partial charge in [-0.15, -0.1) is 0 Å². The summed E-state index contributed by atoms with van der Waals surface area (Å²) in [6.07, 6.45) is 19.4. The third-order valence-corrected chi connectivity index (χ3v) is 17.9. The van der Waals surface area contributed by atoms with E-state index in [-0.39, 0.29) is 0 Å². The second-order valence-electron chi connectivity index (χ2n) is 23.9. The van der Waals surface area contributed by atoms with Gasteiger partial charge in [0.2, 0.25) is 0 Å². The summed E-state index contributed by atoms with van der Waals surface area (Å²) in [5, 5.41) is 4.70. The molecule has 96 heavy (non-hydrogen) atoms. The Kier molecular flexibility index (Phi) is 17.1. The minimum Gasteiger partial charge on any atom is -0.311 e. The molecule has 1 aromatic heterocycles. The summed E-state index contributed by atoms with van der Waals surface area (Å²) in [6, 6.07) is 113. The zero-order chi connectivity index (χ0) is 64.6. The highest BCUT2D eigenvalue weighted by Gasteiger charge is 2.24. The second kappa shape index (κ2) is 27.4. The Labute approximate surface area is 562 Å². The van der Waals surface area contributed by atoms with Crippen LogP contribution >= 0.6 is 0 Å². The summed E-state index contributed by atoms with van der Waals surface area (Å²) < 4.78 is 0. The van der Waals surface area contributed by atoms with Gasteiger partial charge >= 0.3 is 0 Å². The van der Waals surface area contributed by atoms with Crippen LogP contribution in [0.1, 0.15) is 26.7 Å². The van der Waals surface area contributed by atoms with Crippen molar-refractivity contribution in [3.63, 3.8) is 0 Å². The molecule has 6 heteroatoms. The number of fused-ring (bicyclic) bond motifs is 3. The fourth-order valence-corrected chi connectivity index (χ4v) is 13.2. The normalized spacial score (nSPS) is 13.6. The Morgan fingerprint density at radius 3 is 1.11 bits per heavy atom. The maximum atomic E-state index is 5.93. The van der Waals surface area contributed by atoms with Gasteiger partial charge in [0.05, 0.1) is 22.4 Å². The van der Waals surface area contributed by atoms with Crippen LogP contribution < -0.4 is 19.6 Å². The summed E-state index contributed by atoms with van der Waals surface area (Å²) in [4.78, 5) is 21.1. The maximum Gasteiger partial charge on any atom is 0.0979 e. The molecule has 0 amide bonds. The maximum absolute atomic E-state index is 5.93. The van der Waals surface area contributed by atoms with E-state index in [9.17, 15) is 0 Å². The van der Waals surface area contributed by atoms with Crippen LogP contribution in [0.4, 0.5) is 56.9 Å². The predicted molar refractivity (Wildman–Crippen MR) is 407 cm³/mol. The minimum absolute atomic E-state index is 0.778. The Bertz CT molecular complexity index is 5220. The first-order valence-electron chi connectivity index (χ1n) is 33.0. The largest absolute Gasteiger partial charge is 0.311 e. The van der Waals surface area contributed by atoms with Crippen molar-refractivity contribution in [1.29, 1.82) is 0 Å². The highest BCUT2D eigenvalue weighted by molar-refractivity contribution is 6.05. The van der Waals surface area contributed by atoms with Crippen molar-refractivity contribution in [1.82, 2.24) is 9.97 Å². The molecule has 0 unspecified atom stereocenters. The Balaban J connectivity index is 0.877. The average Bonchev–Trinajstić information content (AvgIpc) is 0.749. The number of allylic oxidation sites excluding steroid dienone is 8. The summed E-state index contributed by atoms with van der Waals surface area (Å²) in [7, 11) is 0. The Morgan fingerprint density at radius 1 is 0.323 bits per heavy atom. The van der Waals surface area contributed by atoms with Gasteiger partial charge < -0.3 is 19.6 Å². The molecule has 0 radical (unpaired) electrons. The smallest absolute Gasteiger partial charge is 0.0979 e. The monoisotopic (exact) mass is 1230 g/mol. The third kappa shape index (κ3) is 12.3. The summed E-state index contributed by atoms with van der Waals surface area (Å²) in [6.45, 7) is 4.15. The average molecular weight is 1240 g/mol. The van der Waals surface area contributed by atoms with Crippen LogP contribution in [0.15, 0.2) is 375 Å². The van der Waals surface area contributed by atoms with Crippen molar-refractivity contribution in [2.45, 2.75) is 26.7 Å². The Hall–Kier alpha value is -12.4. The molecule has 1 heterocycles. The number of benzene rings is 13. The van der Waals surface area contributed by atoms with Gasteiger partial charge in [0.1, 0.15) is 0 Å². The molecule has 6 nitrogen and oxygen atoms in total. The molecule has 460 valence electrons. The number of aromatic nitrogens is 2. The van der Waals surface area contributed by atoms with Gasteiger partial charge in [-0.1, -0.05) is 218 Å². The van der Waals surface area contributed by atoms with Crippen molar-refractivity contribution >= 4 is 89.5 Å². The quantitative estimate of drug-likeness (QED) is 0.0846. The molecule has 1 aliphatic carbocycles. The van der Waals surface area contributed by atoms with Crippen LogP contribution in [0.25, 0.3) is 77.3 Å². The SMILES string of the molecule is C/C=C\C(=C/C)N(c1ccccc1)c1ccc(N(c2ccccc2)c2ccc(-c3nc4c(-c5ccc6ccccc6c5)ccc(-c5ccc6ccccc6c5)c4nc3-c3ccc(N(c4ccccc4)c4ccc(N(C5=C/CC/C=C/C=C\5)c5ccccc5)cc4)cc3)cc2)cc1. The number of hydrogen-bond acceptors (Lipinski definition) is 6. The third-order valence-electron chi connectivity index (χ3n) is 17.9. The molecular weight excluding hydrogens is 1170 g/mol. The zero-order valence-corrected chi connectivity index (χ0v) is 53.7. The molecule has 14 aromatic rings. The first kappa shape index (κ1) is 59.9. The highest BCUT2D eigenvalue weighted by Crippen LogP contribution is 2.45. The van der Waals surface area contributed by atoms with E-state index in [1.165, 1.54) is 10.8 Å². The summed E-state index contributed by atoms with van der Waals surface area (Å²) in [5.41, 5.74) is 22.0. The van der Waals surface area contributed by atoms with Crippen LogP contribution in [-0.4, -0.2) is 9.97 Å². The molecule has 0 aliphatic heterocycles. The number of hydrogen-bond donors (Lipinski definition) is 0. The van der Waals surface area contributed by atoms with Crippen molar-refractivity contribution < 1.29 is 0 Å². The molecule has 13 aromatic carbocycles. The lowest BCUT2D eigenvalue weighted by atomic mass is 9.94. The fourth-order valence-electron chi connectivity index (χ4n) is 13.2. The molecule has 15 rings (SSSR count). The van der Waals surface area contributed by atoms with Gasteiger partial charge in [0.25, 0.3) is 0 Å². The van der Waals surface area contributed by atoms with Crippen molar-refractivity contribution in [2.75, 3.05) is 19.6 Å². The van der Waals surface area contributed by atoms with Gasteiger partial charge in [-0.05, 0) is 205 Å². The topological polar surface area (TPSA) is 38.7 Å². The van der Waals surface area contributed by atoms with Crippen molar-refractivity contribution in [3.8, 4) is 44.8 Å². The molecular formula is C90H70N6. The fraction of sp³-hybridized carbons (Fsp3) is 0.0444. The van der Waals surface area contributed by atoms with Gasteiger partial charge in [0, 0.05) is 90.5 Å². The number of para-hydroxylation sites is 4. The van der Waals surface area contributed by atoms with E-state index in [0.29, 0.717) is 0 Å². The molecule has 0 spiro atoms. The molecule has 0 saturated heterocycles. The lowest BCUT2D eigenvalue weighted by molar-refractivity contribution is 1.02. The zero-order valence-electron chi connectivity index (χ0n) is 53.7. The number of anilines is 10. The first-order chi connectivity index (χ1) is 47.5. The van der Waals surface area contributed by atoms with E-state index < -0.39 is 0 Å². The van der Waals surface area contributed by atoms with E-state index in [1.54, 1.807) is 0 Å². The first-order valence-corrected chi connectivity index (χ1v) is 33.0. The van der Waals surface area contributed by atoms with Gasteiger partial charge in [-0.3, -0.25) is 0 Å². The highest BCUT2D eigenvalue weighted by atomic mass is 15.2. The van der Waals surface area contributed by atoms with Crippen molar-refractivity contribution in [3.05, 3.63) is 375 Å². The standard InChI is InChI=1S/C90H70N6/c1-3-26-73(4-2)93(74-33-14-8-15-34-74)81-53-55-83(56-54-81)95(77-37-18-10-19-38-77)79-49-45-67(46-50-79)87-88(92-90-86(72-44-42-66-28-23-25-30-70(66)64-72)62-61-85(89(90)91-87)71-43-41-65-27-22-24-29-69(65)63-71)68-47-51-80(52-48-68)96(78-39-20-11-21-40-78)84-59-57-82(58-60-84)94(76-35-16-9-17-36-76)75-31-12-6-5-7-13-32-75/h3-6,8-12,14-64H,7,13H2,1-2H3/b6-5+,26-3-,31-12-,73-4+,75-32+. The van der Waals surface area contributed by atoms with E-state index in [4.69, 9.17) is 9.97 Å². The molecule has 0 bridgehead atoms. The predicted octanol–water partition coefficient (Wildman–Crippen LogP) is 25.1. The lowest BCUT2D eigenvalue weighted by Crippen LogP contribution is -2.16. The van der Waals surface area contributed by atoms with Crippen LogP contribution in [0.5, 0.6) is 0 Å². The minimum atomic E-state index is 0.778. The number of nitrogens with zero attached hydrogens (tertiary/aromatic N) is 6. The van der Waals surface area contributed by atoms with E-state index in [2.05, 4.69) is 398 Å². The van der Waals surface area contributed by atoms with Gasteiger partial charge in [0.15, 0.2) is 0 Å². The number of rotatable bonds is 17. The molecule has 0 fully saturated rings. The van der Waals surface area contributed by atoms with Crippen molar-refractivity contribution in [2.24, 2.45) is 0 Å². The summed E-state index contributed by atoms with van der Waals surface area (Å²) in [5.74, 6) is 0. The van der Waals surface area contributed by atoms with Crippen LogP contribution in [0.3, 0.4) is 0 Å². The van der Waals surface area contributed by atoms with Crippen LogP contribution in [-0.2, 0) is 0 Å². The second-order valence-corrected chi connectivity index (χ2v) is 23.9. The Morgan fingerprint density at radius 2 is 0.677 bits per heavy atom. The van der Waals surface area contributed by atoms with E-state index in [1.807, 2.05) is 0 Å². The molecule has 0 N–H and O–H groups in total. The molecule has 0 saturated carbocycles.